The second-order valence-electron chi connectivity index (χ2n) is 4.28. The van der Waals surface area contributed by atoms with Gasteiger partial charge in [-0.2, -0.15) is 16.6 Å². The monoisotopic (exact) mass is 272 g/mol. The molecule has 0 bridgehead atoms. The van der Waals surface area contributed by atoms with Crippen LogP contribution in [0.15, 0.2) is 41.1 Å². The van der Waals surface area contributed by atoms with Crippen molar-refractivity contribution in [3.05, 3.63) is 52.2 Å². The molecular formula is C15H16N2OS. The highest BCUT2D eigenvalue weighted by molar-refractivity contribution is 7.08. The molecule has 1 unspecified atom stereocenters. The first kappa shape index (κ1) is 13.6. The fourth-order valence-corrected chi connectivity index (χ4v) is 2.57. The third-order valence-electron chi connectivity index (χ3n) is 3.04. The van der Waals surface area contributed by atoms with Gasteiger partial charge >= 0.3 is 0 Å². The molecule has 1 aromatic carbocycles. The Morgan fingerprint density at radius 2 is 1.95 bits per heavy atom. The standard InChI is InChI=1S/C15H16N2OS/c1-11(12-3-5-14(18-2)6-4-12)17-15(9-16)13-7-8-19-10-13/h3-8,10-11,15,17H,1-2H3/t11-,15?/m0/s1. The maximum atomic E-state index is 9.25. The van der Waals surface area contributed by atoms with Crippen molar-refractivity contribution >= 4 is 11.3 Å². The number of rotatable bonds is 5. The minimum atomic E-state index is -0.275. The Morgan fingerprint density at radius 1 is 1.21 bits per heavy atom. The second-order valence-corrected chi connectivity index (χ2v) is 5.06. The van der Waals surface area contributed by atoms with E-state index in [1.807, 2.05) is 41.1 Å². The molecule has 2 aromatic rings. The summed E-state index contributed by atoms with van der Waals surface area (Å²) in [7, 11) is 1.65. The molecule has 2 atom stereocenters. The molecule has 0 aliphatic heterocycles. The summed E-state index contributed by atoms with van der Waals surface area (Å²) in [5, 5.41) is 16.6. The largest absolute Gasteiger partial charge is 0.497 e. The smallest absolute Gasteiger partial charge is 0.122 e. The highest BCUT2D eigenvalue weighted by Crippen LogP contribution is 2.22. The van der Waals surface area contributed by atoms with Gasteiger partial charge in [0.05, 0.1) is 13.2 Å². The molecule has 1 heterocycles. The summed E-state index contributed by atoms with van der Waals surface area (Å²) in [6.07, 6.45) is 0. The lowest BCUT2D eigenvalue weighted by molar-refractivity contribution is 0.414. The average Bonchev–Trinajstić information content (AvgIpc) is 2.98. The van der Waals surface area contributed by atoms with Crippen molar-refractivity contribution in [3.63, 3.8) is 0 Å². The van der Waals surface area contributed by atoms with Crippen LogP contribution in [0, 0.1) is 11.3 Å². The summed E-state index contributed by atoms with van der Waals surface area (Å²) in [6.45, 7) is 2.05. The van der Waals surface area contributed by atoms with Crippen molar-refractivity contribution < 1.29 is 4.74 Å². The first-order valence-corrected chi connectivity index (χ1v) is 7.00. The SMILES string of the molecule is COc1ccc([C@H](C)NC(C#N)c2ccsc2)cc1. The number of methoxy groups -OCH3 is 1. The Labute approximate surface area is 117 Å². The van der Waals surface area contributed by atoms with Crippen LogP contribution in [0.5, 0.6) is 5.75 Å². The van der Waals surface area contributed by atoms with Crippen LogP contribution in [0.2, 0.25) is 0 Å². The van der Waals surface area contributed by atoms with Crippen LogP contribution >= 0.6 is 11.3 Å². The van der Waals surface area contributed by atoms with Gasteiger partial charge in [-0.1, -0.05) is 12.1 Å². The number of nitrogens with zero attached hydrogens (tertiary/aromatic N) is 1. The predicted molar refractivity (Wildman–Crippen MR) is 77.2 cm³/mol. The molecule has 0 aliphatic carbocycles. The van der Waals surface area contributed by atoms with Gasteiger partial charge in [0.2, 0.25) is 0 Å². The van der Waals surface area contributed by atoms with E-state index in [0.29, 0.717) is 0 Å². The summed E-state index contributed by atoms with van der Waals surface area (Å²) in [5.41, 5.74) is 2.16. The summed E-state index contributed by atoms with van der Waals surface area (Å²) < 4.78 is 5.14. The van der Waals surface area contributed by atoms with Crippen LogP contribution in [-0.4, -0.2) is 7.11 Å². The minimum Gasteiger partial charge on any atom is -0.497 e. The number of ether oxygens (including phenoxy) is 1. The van der Waals surface area contributed by atoms with Crippen molar-refractivity contribution in [2.24, 2.45) is 0 Å². The van der Waals surface area contributed by atoms with Gasteiger partial charge in [0.15, 0.2) is 0 Å². The number of hydrogen-bond acceptors (Lipinski definition) is 4. The molecule has 98 valence electrons. The number of nitrogens with one attached hydrogen (secondary N) is 1. The van der Waals surface area contributed by atoms with Gasteiger partial charge in [0, 0.05) is 6.04 Å². The van der Waals surface area contributed by atoms with Gasteiger partial charge in [0.25, 0.3) is 0 Å². The van der Waals surface area contributed by atoms with Crippen molar-refractivity contribution in [2.45, 2.75) is 19.0 Å². The number of nitriles is 1. The fraction of sp³-hybridized carbons (Fsp3) is 0.267. The van der Waals surface area contributed by atoms with E-state index in [1.54, 1.807) is 18.4 Å². The Balaban J connectivity index is 2.07. The summed E-state index contributed by atoms with van der Waals surface area (Å²) in [4.78, 5) is 0. The molecule has 0 saturated heterocycles. The molecule has 0 fully saturated rings. The molecule has 0 radical (unpaired) electrons. The van der Waals surface area contributed by atoms with Crippen molar-refractivity contribution in [1.29, 1.82) is 5.26 Å². The second kappa shape index (κ2) is 6.37. The Hall–Kier alpha value is -1.83. The van der Waals surface area contributed by atoms with Gasteiger partial charge in [-0.05, 0) is 47.0 Å². The molecule has 3 nitrogen and oxygen atoms in total. The zero-order valence-electron chi connectivity index (χ0n) is 11.0. The maximum absolute atomic E-state index is 9.25. The van der Waals surface area contributed by atoms with Crippen LogP contribution in [0.1, 0.15) is 30.1 Å². The third-order valence-corrected chi connectivity index (χ3v) is 3.74. The Bertz CT molecular complexity index is 543. The van der Waals surface area contributed by atoms with Crippen LogP contribution < -0.4 is 10.1 Å². The van der Waals surface area contributed by atoms with Crippen LogP contribution in [-0.2, 0) is 0 Å². The van der Waals surface area contributed by atoms with Gasteiger partial charge < -0.3 is 4.74 Å². The number of benzene rings is 1. The third kappa shape index (κ3) is 3.34. The van der Waals surface area contributed by atoms with Gasteiger partial charge in [-0.25, -0.2) is 0 Å². The maximum Gasteiger partial charge on any atom is 0.122 e. The number of hydrogen-bond donors (Lipinski definition) is 1. The zero-order valence-corrected chi connectivity index (χ0v) is 11.8. The van der Waals surface area contributed by atoms with Gasteiger partial charge in [0.1, 0.15) is 11.8 Å². The normalized spacial score (nSPS) is 13.5. The van der Waals surface area contributed by atoms with E-state index < -0.39 is 0 Å². The molecule has 0 spiro atoms. The average molecular weight is 272 g/mol. The molecule has 19 heavy (non-hydrogen) atoms. The predicted octanol–water partition coefficient (Wildman–Crippen LogP) is 3.67. The summed E-state index contributed by atoms with van der Waals surface area (Å²) >= 11 is 1.60. The van der Waals surface area contributed by atoms with Crippen molar-refractivity contribution in [2.75, 3.05) is 7.11 Å². The molecule has 0 aliphatic rings. The molecule has 0 amide bonds. The molecular weight excluding hydrogens is 256 g/mol. The minimum absolute atomic E-state index is 0.107. The van der Waals surface area contributed by atoms with E-state index in [1.165, 1.54) is 0 Å². The molecule has 2 rings (SSSR count). The fourth-order valence-electron chi connectivity index (χ4n) is 1.89. The first-order valence-electron chi connectivity index (χ1n) is 6.06. The quantitative estimate of drug-likeness (QED) is 0.903. The van der Waals surface area contributed by atoms with Crippen LogP contribution in [0.25, 0.3) is 0 Å². The van der Waals surface area contributed by atoms with E-state index >= 15 is 0 Å². The highest BCUT2D eigenvalue weighted by Gasteiger charge is 2.15. The lowest BCUT2D eigenvalue weighted by atomic mass is 10.1. The van der Waals surface area contributed by atoms with Crippen LogP contribution in [0.3, 0.4) is 0 Å². The summed E-state index contributed by atoms with van der Waals surface area (Å²) in [6, 6.07) is 12.0. The van der Waals surface area contributed by atoms with Crippen molar-refractivity contribution in [3.8, 4) is 11.8 Å². The molecule has 1 aromatic heterocycles. The van der Waals surface area contributed by atoms with E-state index in [-0.39, 0.29) is 12.1 Å². The van der Waals surface area contributed by atoms with E-state index in [0.717, 1.165) is 16.9 Å². The lowest BCUT2D eigenvalue weighted by Crippen LogP contribution is -2.23. The van der Waals surface area contributed by atoms with E-state index in [2.05, 4.69) is 18.3 Å². The molecule has 1 N–H and O–H groups in total. The van der Waals surface area contributed by atoms with Crippen LogP contribution in [0.4, 0.5) is 0 Å². The van der Waals surface area contributed by atoms with Gasteiger partial charge in [-0.3, -0.25) is 5.32 Å². The number of thiophene rings is 1. The van der Waals surface area contributed by atoms with Gasteiger partial charge in [-0.15, -0.1) is 0 Å². The first-order chi connectivity index (χ1) is 9.24. The zero-order chi connectivity index (χ0) is 13.7. The van der Waals surface area contributed by atoms with Crippen molar-refractivity contribution in [1.82, 2.24) is 5.32 Å². The Morgan fingerprint density at radius 3 is 2.47 bits per heavy atom. The van der Waals surface area contributed by atoms with E-state index in [9.17, 15) is 5.26 Å². The molecule has 4 heteroatoms. The summed E-state index contributed by atoms with van der Waals surface area (Å²) in [5.74, 6) is 0.839. The highest BCUT2D eigenvalue weighted by atomic mass is 32.1. The van der Waals surface area contributed by atoms with E-state index in [4.69, 9.17) is 4.74 Å². The Kier molecular flexibility index (Phi) is 4.56. The topological polar surface area (TPSA) is 45.0 Å². The lowest BCUT2D eigenvalue weighted by Gasteiger charge is -2.18. The molecule has 0 saturated carbocycles.